The van der Waals surface area contributed by atoms with Crippen LogP contribution >= 0.6 is 0 Å². The summed E-state index contributed by atoms with van der Waals surface area (Å²) in [5, 5.41) is 0. The number of unbranched alkanes of at least 4 members (excludes halogenated alkanes) is 19. The summed E-state index contributed by atoms with van der Waals surface area (Å²) in [5.74, 6) is 1.14. The van der Waals surface area contributed by atoms with Gasteiger partial charge < -0.3 is 0 Å². The summed E-state index contributed by atoms with van der Waals surface area (Å²) in [4.78, 5) is 9.47. The maximum absolute atomic E-state index is 4.74. The van der Waals surface area contributed by atoms with Crippen molar-refractivity contribution in [2.24, 2.45) is 21.8 Å². The quantitative estimate of drug-likeness (QED) is 0.0790. The minimum Gasteiger partial charge on any atom is -0.0965 e. The minimum absolute atomic E-state index is 0.498. The topological polar surface area (TPSA) is 24.7 Å². The molecule has 1 aromatic carbocycles. The van der Waals surface area contributed by atoms with Gasteiger partial charge in [0.05, 0.1) is 5.92 Å². The number of rotatable bonds is 27. The highest BCUT2D eigenvalue weighted by molar-refractivity contribution is 6.18. The Labute approximate surface area is 244 Å². The molecule has 2 unspecified atom stereocenters. The van der Waals surface area contributed by atoms with E-state index >= 15 is 0 Å². The van der Waals surface area contributed by atoms with Crippen molar-refractivity contribution in [3.05, 3.63) is 42.1 Å². The van der Waals surface area contributed by atoms with Crippen molar-refractivity contribution in [3.8, 4) is 0 Å². The van der Waals surface area contributed by atoms with Crippen LogP contribution in [-0.4, -0.2) is 12.4 Å². The van der Waals surface area contributed by atoms with Crippen LogP contribution in [0, 0.1) is 18.0 Å². The van der Waals surface area contributed by atoms with Crippen LogP contribution in [0.5, 0.6) is 0 Å². The lowest BCUT2D eigenvalue weighted by atomic mass is 9.78. The van der Waals surface area contributed by atoms with Crippen molar-refractivity contribution >= 4 is 12.4 Å². The molecule has 1 aliphatic heterocycles. The number of hydrogen-bond acceptors (Lipinski definition) is 2. The Bertz CT molecular complexity index is 697. The van der Waals surface area contributed by atoms with Gasteiger partial charge in [-0.3, -0.25) is 0 Å². The first-order chi connectivity index (χ1) is 19.3. The normalized spacial score (nSPS) is 14.4. The van der Waals surface area contributed by atoms with Crippen LogP contribution in [0.2, 0.25) is 0 Å². The van der Waals surface area contributed by atoms with Crippen LogP contribution in [0.15, 0.2) is 40.3 Å². The third-order valence-electron chi connectivity index (χ3n) is 8.77. The van der Waals surface area contributed by atoms with Crippen molar-refractivity contribution in [2.75, 3.05) is 0 Å². The van der Waals surface area contributed by atoms with E-state index in [0.717, 1.165) is 12.6 Å². The van der Waals surface area contributed by atoms with Gasteiger partial charge in [-0.05, 0) is 30.7 Å². The molecule has 39 heavy (non-hydrogen) atoms. The SMILES string of the molecule is CCCCCCCCCCCCCC([C+]1N=CC=N1)C(CCCCCCCCCCCC)Cc1ccccc1. The van der Waals surface area contributed by atoms with Crippen LogP contribution in [0.4, 0.5) is 0 Å². The van der Waals surface area contributed by atoms with Gasteiger partial charge in [0.1, 0.15) is 0 Å². The molecule has 0 saturated carbocycles. The molecule has 1 aliphatic rings. The van der Waals surface area contributed by atoms with Crippen LogP contribution in [-0.2, 0) is 6.42 Å². The minimum atomic E-state index is 0.498. The fraction of sp³-hybridized carbons (Fsp3) is 0.757. The number of nitrogens with zero attached hydrogens (tertiary/aromatic N) is 2. The molecule has 220 valence electrons. The molecule has 0 amide bonds. The van der Waals surface area contributed by atoms with Gasteiger partial charge in [-0.1, -0.05) is 189 Å². The largest absolute Gasteiger partial charge is 0.244 e. The van der Waals surface area contributed by atoms with Crippen molar-refractivity contribution in [1.29, 1.82) is 0 Å². The van der Waals surface area contributed by atoms with Gasteiger partial charge in [-0.2, -0.15) is 0 Å². The summed E-state index contributed by atoms with van der Waals surface area (Å²) in [7, 11) is 0. The van der Waals surface area contributed by atoms with Gasteiger partial charge in [-0.15, -0.1) is 0 Å². The molecule has 1 aromatic rings. The second-order valence-corrected chi connectivity index (χ2v) is 12.3. The molecule has 0 saturated heterocycles. The molecule has 1 heterocycles. The van der Waals surface area contributed by atoms with Gasteiger partial charge in [0.15, 0.2) is 12.4 Å². The van der Waals surface area contributed by atoms with Crippen molar-refractivity contribution in [1.82, 2.24) is 0 Å². The standard InChI is InChI=1S/C37H63N2/c1-3-5-7-9-11-13-15-17-19-21-26-30-36(37-38-31-32-39-37)35(33-34-27-23-22-24-28-34)29-25-20-18-16-14-12-10-8-6-4-2/h22-24,27-28,31-32,35-36H,3-21,25-26,29-30,33H2,1-2H3/q+1. The van der Waals surface area contributed by atoms with E-state index in [-0.39, 0.29) is 0 Å². The first kappa shape index (κ1) is 33.6. The number of benzene rings is 1. The Kier molecular flexibility index (Phi) is 20.9. The Morgan fingerprint density at radius 1 is 0.513 bits per heavy atom. The predicted molar refractivity (Wildman–Crippen MR) is 175 cm³/mol. The molecule has 2 atom stereocenters. The zero-order valence-electron chi connectivity index (χ0n) is 26.1. The third kappa shape index (κ3) is 17.0. The zero-order chi connectivity index (χ0) is 27.6. The number of aliphatic imine (C=N–C) groups is 2. The van der Waals surface area contributed by atoms with Crippen molar-refractivity contribution < 1.29 is 0 Å². The van der Waals surface area contributed by atoms with Crippen LogP contribution in [0.1, 0.15) is 167 Å². The average molecular weight is 536 g/mol. The molecule has 0 aliphatic carbocycles. The van der Waals surface area contributed by atoms with E-state index in [1.165, 1.54) is 153 Å². The molecule has 0 spiro atoms. The van der Waals surface area contributed by atoms with E-state index in [1.54, 1.807) is 0 Å². The van der Waals surface area contributed by atoms with E-state index in [0.29, 0.717) is 11.8 Å². The second-order valence-electron chi connectivity index (χ2n) is 12.3. The lowest BCUT2D eigenvalue weighted by Crippen LogP contribution is -2.22. The molecule has 0 aromatic heterocycles. The van der Waals surface area contributed by atoms with Gasteiger partial charge in [0, 0.05) is 0 Å². The number of hydrogen-bond donors (Lipinski definition) is 0. The monoisotopic (exact) mass is 535 g/mol. The van der Waals surface area contributed by atoms with E-state index in [9.17, 15) is 0 Å². The van der Waals surface area contributed by atoms with E-state index in [1.807, 2.05) is 12.4 Å². The van der Waals surface area contributed by atoms with Crippen molar-refractivity contribution in [3.63, 3.8) is 0 Å². The molecule has 2 heteroatoms. The highest BCUT2D eigenvalue weighted by Crippen LogP contribution is 2.37. The van der Waals surface area contributed by atoms with Gasteiger partial charge in [0.2, 0.25) is 6.17 Å². The van der Waals surface area contributed by atoms with Crippen LogP contribution in [0.3, 0.4) is 0 Å². The summed E-state index contributed by atoms with van der Waals surface area (Å²) < 4.78 is 0. The Morgan fingerprint density at radius 3 is 1.38 bits per heavy atom. The Hall–Kier alpha value is -1.57. The van der Waals surface area contributed by atoms with E-state index in [2.05, 4.69) is 44.2 Å². The van der Waals surface area contributed by atoms with Gasteiger partial charge in [0.25, 0.3) is 0 Å². The summed E-state index contributed by atoms with van der Waals surface area (Å²) in [6.07, 6.45) is 38.1. The maximum atomic E-state index is 4.74. The fourth-order valence-corrected chi connectivity index (χ4v) is 6.30. The lowest BCUT2D eigenvalue weighted by molar-refractivity contribution is 0.284. The highest BCUT2D eigenvalue weighted by Gasteiger charge is 2.35. The molecule has 2 rings (SSSR count). The van der Waals surface area contributed by atoms with Crippen molar-refractivity contribution in [2.45, 2.75) is 168 Å². The molecule has 0 bridgehead atoms. The van der Waals surface area contributed by atoms with Crippen LogP contribution in [0.25, 0.3) is 0 Å². The Balaban J connectivity index is 1.75. The molecule has 0 N–H and O–H groups in total. The second kappa shape index (κ2) is 24.2. The maximum Gasteiger partial charge on any atom is 0.244 e. The fourth-order valence-electron chi connectivity index (χ4n) is 6.30. The molecule has 0 radical (unpaired) electrons. The molecule has 0 fully saturated rings. The first-order valence-electron chi connectivity index (χ1n) is 17.3. The van der Waals surface area contributed by atoms with Gasteiger partial charge in [-0.25, -0.2) is 0 Å². The van der Waals surface area contributed by atoms with Crippen LogP contribution < -0.4 is 0 Å². The first-order valence-corrected chi connectivity index (χ1v) is 17.3. The van der Waals surface area contributed by atoms with E-state index < -0.39 is 0 Å². The third-order valence-corrected chi connectivity index (χ3v) is 8.77. The average Bonchev–Trinajstić information content (AvgIpc) is 3.49. The molecular formula is C37H63N2+. The summed E-state index contributed by atoms with van der Waals surface area (Å²) in [6.45, 7) is 4.61. The summed E-state index contributed by atoms with van der Waals surface area (Å²) in [5.41, 5.74) is 1.48. The predicted octanol–water partition coefficient (Wildman–Crippen LogP) is 12.1. The lowest BCUT2D eigenvalue weighted by Gasteiger charge is -2.26. The van der Waals surface area contributed by atoms with Gasteiger partial charge >= 0.3 is 0 Å². The molecular weight excluding hydrogens is 472 g/mol. The highest BCUT2D eigenvalue weighted by atomic mass is 15.0. The molecule has 2 nitrogen and oxygen atoms in total. The van der Waals surface area contributed by atoms with E-state index in [4.69, 9.17) is 9.98 Å². The smallest absolute Gasteiger partial charge is 0.0965 e. The summed E-state index contributed by atoms with van der Waals surface area (Å²) in [6, 6.07) is 11.2. The zero-order valence-corrected chi connectivity index (χ0v) is 26.1. The summed E-state index contributed by atoms with van der Waals surface area (Å²) >= 11 is 0. The Morgan fingerprint density at radius 2 is 0.923 bits per heavy atom.